The predicted octanol–water partition coefficient (Wildman–Crippen LogP) is 14.1. The molecule has 8 aromatic carbocycles. The summed E-state index contributed by atoms with van der Waals surface area (Å²) >= 11 is 2.46. The van der Waals surface area contributed by atoms with Gasteiger partial charge in [0.15, 0.2) is 0 Å². The summed E-state index contributed by atoms with van der Waals surface area (Å²) in [5.41, 5.74) is 13.4. The molecular formula is C56H34N4O2Pt-2. The van der Waals surface area contributed by atoms with Gasteiger partial charge in [-0.25, -0.2) is 0 Å². The molecule has 302 valence electrons. The molecule has 0 aliphatic heterocycles. The molecule has 0 saturated carbocycles. The molecule has 0 amide bonds. The molecule has 0 radical (unpaired) electrons. The van der Waals surface area contributed by atoms with Crippen molar-refractivity contribution in [1.82, 2.24) is 18.7 Å². The first kappa shape index (κ1) is 37.0. The molecule has 7 heteroatoms. The molecule has 0 aliphatic carbocycles. The van der Waals surface area contributed by atoms with Crippen molar-refractivity contribution in [3.8, 4) is 62.1 Å². The van der Waals surface area contributed by atoms with E-state index in [0.29, 0.717) is 11.5 Å². The zero-order chi connectivity index (χ0) is 41.9. The molecule has 0 unspecified atom stereocenters. The van der Waals surface area contributed by atoms with Gasteiger partial charge in [-0.15, -0.1) is 0 Å². The summed E-state index contributed by atoms with van der Waals surface area (Å²) in [6.07, 6.45) is 3.64. The standard InChI is InChI=1S/C56H34N4O2.Pt/c1-3-14-38(15-4-1)45-22-13-23-46(39-16-5-2-6-17-39)55(45)59-37-58(51-26-9-10-27-52(51)59)42-19-12-20-43(34-42)62-44-29-30-49-48-21-7-8-25-50(48)60(53(49)35-44)54-31-28-41(36-57-54)47-24-11-18-40-32-33-61-56(40)47;/h1-33,36H;/q-2;. The van der Waals surface area contributed by atoms with Crippen molar-refractivity contribution in [2.75, 3.05) is 0 Å². The second kappa shape index (κ2) is 15.3. The summed E-state index contributed by atoms with van der Waals surface area (Å²) in [6, 6.07) is 74.4. The number of rotatable bonds is 8. The number of aromatic nitrogens is 4. The van der Waals surface area contributed by atoms with Gasteiger partial charge in [-0.3, -0.25) is 0 Å². The normalized spacial score (nSPS) is 11.6. The predicted molar refractivity (Wildman–Crippen MR) is 248 cm³/mol. The van der Waals surface area contributed by atoms with E-state index in [4.69, 9.17) is 14.1 Å². The maximum atomic E-state index is 6.67. The van der Waals surface area contributed by atoms with Crippen LogP contribution in [0.5, 0.6) is 11.5 Å². The molecule has 12 aromatic rings. The van der Waals surface area contributed by atoms with Crippen LogP contribution in [0.25, 0.3) is 94.4 Å². The van der Waals surface area contributed by atoms with Gasteiger partial charge in [0.05, 0.1) is 6.26 Å². The van der Waals surface area contributed by atoms with Crippen molar-refractivity contribution in [3.05, 3.63) is 223 Å². The second-order valence-electron chi connectivity index (χ2n) is 15.3. The van der Waals surface area contributed by atoms with Crippen molar-refractivity contribution in [2.24, 2.45) is 0 Å². The monoisotopic (exact) mass is 989 g/mol. The first-order chi connectivity index (χ1) is 31.2. The maximum absolute atomic E-state index is 6.67. The molecule has 0 bridgehead atoms. The Hall–Kier alpha value is -7.79. The van der Waals surface area contributed by atoms with E-state index in [0.717, 1.165) is 98.2 Å². The van der Waals surface area contributed by atoms with Crippen molar-refractivity contribution in [2.45, 2.75) is 0 Å². The first-order valence-electron chi connectivity index (χ1n) is 20.7. The van der Waals surface area contributed by atoms with E-state index < -0.39 is 0 Å². The summed E-state index contributed by atoms with van der Waals surface area (Å²) in [7, 11) is 0. The number of furan rings is 1. The van der Waals surface area contributed by atoms with Gasteiger partial charge < -0.3 is 4.42 Å². The van der Waals surface area contributed by atoms with Crippen molar-refractivity contribution in [3.63, 3.8) is 0 Å². The number of ether oxygens (including phenoxy) is 1. The molecule has 0 aliphatic rings. The summed E-state index contributed by atoms with van der Waals surface area (Å²) in [4.78, 5) is 5.00. The number of nitrogens with zero attached hydrogens (tertiary/aromatic N) is 4. The fraction of sp³-hybridized carbons (Fsp3) is 0. The van der Waals surface area contributed by atoms with Gasteiger partial charge in [0.1, 0.15) is 5.58 Å². The Morgan fingerprint density at radius 1 is 0.476 bits per heavy atom. The van der Waals surface area contributed by atoms with Gasteiger partial charge >= 0.3 is 294 Å². The van der Waals surface area contributed by atoms with E-state index in [1.807, 2.05) is 36.5 Å². The summed E-state index contributed by atoms with van der Waals surface area (Å²) in [6.45, 7) is 0. The zero-order valence-electron chi connectivity index (χ0n) is 33.6. The molecule has 0 saturated heterocycles. The van der Waals surface area contributed by atoms with E-state index in [1.54, 1.807) is 6.26 Å². The molecule has 63 heavy (non-hydrogen) atoms. The third kappa shape index (κ3) is 6.29. The van der Waals surface area contributed by atoms with Crippen LogP contribution in [-0.2, 0) is 19.4 Å². The number of hydrogen-bond donors (Lipinski definition) is 0. The van der Waals surface area contributed by atoms with E-state index in [9.17, 15) is 0 Å². The molecule has 12 rings (SSSR count). The second-order valence-corrected chi connectivity index (χ2v) is 16.3. The number of benzene rings is 8. The molecule has 4 heterocycles. The van der Waals surface area contributed by atoms with E-state index in [1.165, 1.54) is 0 Å². The minimum absolute atomic E-state index is 0.577. The topological polar surface area (TPSA) is 50.1 Å². The van der Waals surface area contributed by atoms with Gasteiger partial charge in [-0.2, -0.15) is 0 Å². The minimum atomic E-state index is 0.577. The third-order valence-corrected chi connectivity index (χ3v) is 12.7. The Kier molecular flexibility index (Phi) is 8.98. The Morgan fingerprint density at radius 3 is 1.87 bits per heavy atom. The van der Waals surface area contributed by atoms with Crippen LogP contribution in [0.2, 0.25) is 0 Å². The van der Waals surface area contributed by atoms with Crippen molar-refractivity contribution >= 4 is 43.8 Å². The summed E-state index contributed by atoms with van der Waals surface area (Å²) in [5, 5.41) is 3.23. The van der Waals surface area contributed by atoms with Gasteiger partial charge in [0, 0.05) is 22.7 Å². The average molecular weight is 990 g/mol. The zero-order valence-corrected chi connectivity index (χ0v) is 35.8. The number of para-hydroxylation sites is 5. The molecule has 0 spiro atoms. The average Bonchev–Trinajstić information content (AvgIpc) is 4.04. The van der Waals surface area contributed by atoms with Crippen LogP contribution < -0.4 is 4.74 Å². The van der Waals surface area contributed by atoms with E-state index >= 15 is 0 Å². The van der Waals surface area contributed by atoms with Gasteiger partial charge in [-0.1, -0.05) is 30.3 Å². The number of hydrogen-bond acceptors (Lipinski definition) is 3. The van der Waals surface area contributed by atoms with Gasteiger partial charge in [0.25, 0.3) is 0 Å². The molecule has 0 atom stereocenters. The fourth-order valence-electron chi connectivity index (χ4n) is 8.85. The van der Waals surface area contributed by atoms with Crippen LogP contribution in [0.4, 0.5) is 0 Å². The van der Waals surface area contributed by atoms with Crippen LogP contribution >= 0.6 is 0 Å². The van der Waals surface area contributed by atoms with Crippen LogP contribution in [-0.4, -0.2) is 18.7 Å². The number of pyridine rings is 1. The molecule has 4 aromatic heterocycles. The van der Waals surface area contributed by atoms with E-state index in [2.05, 4.69) is 209 Å². The van der Waals surface area contributed by atoms with Crippen LogP contribution in [0.3, 0.4) is 0 Å². The SMILES string of the molecule is [Pt]=[c]1n(-c2[c-]c(Oc3[c-]c4c(cc3)c3ccccc3n4-c3ccc(-c4cccc5ccoc45)cn3)ccc2)c2ccccc2n1-c1c(-c2ccccc2)cccc1-c1ccccc1. The summed E-state index contributed by atoms with van der Waals surface area (Å²) < 4.78 is 20.3. The molecule has 6 nitrogen and oxygen atoms in total. The van der Waals surface area contributed by atoms with Gasteiger partial charge in [-0.05, 0) is 12.1 Å². The number of fused-ring (bicyclic) bond motifs is 5. The summed E-state index contributed by atoms with van der Waals surface area (Å²) in [5.74, 6) is 1.94. The Bertz CT molecular complexity index is 3670. The van der Waals surface area contributed by atoms with Crippen LogP contribution in [0, 0.1) is 15.9 Å². The van der Waals surface area contributed by atoms with Crippen molar-refractivity contribution < 1.29 is 28.5 Å². The fourth-order valence-corrected chi connectivity index (χ4v) is 9.93. The van der Waals surface area contributed by atoms with Crippen LogP contribution in [0.15, 0.2) is 211 Å². The molecule has 0 N–H and O–H groups in total. The molecular weight excluding hydrogens is 956 g/mol. The number of imidazole rings is 1. The van der Waals surface area contributed by atoms with Crippen molar-refractivity contribution in [1.29, 1.82) is 0 Å². The Morgan fingerprint density at radius 2 is 1.13 bits per heavy atom. The third-order valence-electron chi connectivity index (χ3n) is 11.7. The Labute approximate surface area is 373 Å². The first-order valence-corrected chi connectivity index (χ1v) is 21.8. The molecule has 0 fully saturated rings. The van der Waals surface area contributed by atoms with Crippen LogP contribution in [0.1, 0.15) is 0 Å². The quantitative estimate of drug-likeness (QED) is 0.143. The van der Waals surface area contributed by atoms with Gasteiger partial charge in [0.2, 0.25) is 0 Å². The Balaban J connectivity index is 0.956. The van der Waals surface area contributed by atoms with E-state index in [-0.39, 0.29) is 0 Å².